The maximum Gasteiger partial charge on any atom is 0.338 e. The normalized spacial score (nSPS) is 20.2. The standard InChI is InChI=1S/C9H19NO4/c1-9(2,3)14-8(12)7(6-11)13-5-4-10/h7,11H,4-6,10H2,1-3H3/i6D2,7D. The van der Waals surface area contributed by atoms with Gasteiger partial charge in [0.1, 0.15) is 5.60 Å². The molecule has 0 aromatic carbocycles. The van der Waals surface area contributed by atoms with Crippen LogP contribution in [0.5, 0.6) is 0 Å². The van der Waals surface area contributed by atoms with Crippen molar-refractivity contribution in [1.82, 2.24) is 0 Å². The van der Waals surface area contributed by atoms with Gasteiger partial charge in [-0.3, -0.25) is 0 Å². The summed E-state index contributed by atoms with van der Waals surface area (Å²) in [4.78, 5) is 11.7. The van der Waals surface area contributed by atoms with Crippen molar-refractivity contribution >= 4 is 5.97 Å². The fourth-order valence-electron chi connectivity index (χ4n) is 0.622. The number of hydrogen-bond donors (Lipinski definition) is 2. The largest absolute Gasteiger partial charge is 0.458 e. The molecule has 84 valence electrons. The first kappa shape index (κ1) is 8.64. The first-order valence-electron chi connectivity index (χ1n) is 5.74. The molecule has 5 nitrogen and oxygen atoms in total. The van der Waals surface area contributed by atoms with Crippen LogP contribution in [0.25, 0.3) is 0 Å². The number of aliphatic hydroxyl groups is 1. The number of rotatable bonds is 5. The van der Waals surface area contributed by atoms with Crippen molar-refractivity contribution in [2.45, 2.75) is 32.5 Å². The summed E-state index contributed by atoms with van der Waals surface area (Å²) >= 11 is 0. The third kappa shape index (κ3) is 5.90. The summed E-state index contributed by atoms with van der Waals surface area (Å²) in [7, 11) is 0. The second kappa shape index (κ2) is 5.95. The summed E-state index contributed by atoms with van der Waals surface area (Å²) in [5.41, 5.74) is 4.23. The van der Waals surface area contributed by atoms with Crippen LogP contribution in [0.4, 0.5) is 0 Å². The average Bonchev–Trinajstić information content (AvgIpc) is 2.09. The van der Waals surface area contributed by atoms with E-state index in [0.29, 0.717) is 0 Å². The monoisotopic (exact) mass is 208 g/mol. The lowest BCUT2D eigenvalue weighted by molar-refractivity contribution is -0.170. The van der Waals surface area contributed by atoms with Crippen LogP contribution in [0.1, 0.15) is 24.9 Å². The molecule has 0 bridgehead atoms. The molecule has 1 unspecified atom stereocenters. The maximum absolute atomic E-state index is 11.7. The van der Waals surface area contributed by atoms with Crippen molar-refractivity contribution in [3.63, 3.8) is 0 Å². The van der Waals surface area contributed by atoms with E-state index in [1.807, 2.05) is 0 Å². The maximum atomic E-state index is 11.7. The molecule has 0 aliphatic carbocycles. The van der Waals surface area contributed by atoms with E-state index in [2.05, 4.69) is 0 Å². The molecule has 0 fully saturated rings. The van der Waals surface area contributed by atoms with E-state index >= 15 is 0 Å². The SMILES string of the molecule is [2H]C([2H])(O)C([2H])(OCCN)C(=O)OC(C)(C)C. The second-order valence-corrected chi connectivity index (χ2v) is 3.58. The van der Waals surface area contributed by atoms with Gasteiger partial charge in [0.2, 0.25) is 0 Å². The lowest BCUT2D eigenvalue weighted by atomic mass is 10.2. The van der Waals surface area contributed by atoms with Crippen molar-refractivity contribution in [2.24, 2.45) is 5.73 Å². The molecule has 0 aromatic rings. The number of carbonyl (C=O) groups excluding carboxylic acids is 1. The van der Waals surface area contributed by atoms with Gasteiger partial charge in [-0.05, 0) is 20.8 Å². The van der Waals surface area contributed by atoms with Gasteiger partial charge in [0.25, 0.3) is 0 Å². The van der Waals surface area contributed by atoms with Gasteiger partial charge in [0, 0.05) is 6.54 Å². The molecule has 0 saturated heterocycles. The summed E-state index contributed by atoms with van der Waals surface area (Å²) in [5.74, 6) is -1.30. The smallest absolute Gasteiger partial charge is 0.338 e. The van der Waals surface area contributed by atoms with E-state index in [1.54, 1.807) is 20.8 Å². The molecule has 0 aliphatic heterocycles. The quantitative estimate of drug-likeness (QED) is 0.604. The zero-order valence-electron chi connectivity index (χ0n) is 11.7. The minimum Gasteiger partial charge on any atom is -0.458 e. The number of ether oxygens (including phenoxy) is 2. The molecule has 0 aliphatic rings. The van der Waals surface area contributed by atoms with Crippen molar-refractivity contribution in [1.29, 1.82) is 0 Å². The van der Waals surface area contributed by atoms with Crippen LogP contribution in [0.2, 0.25) is 0 Å². The van der Waals surface area contributed by atoms with E-state index in [9.17, 15) is 9.90 Å². The fraction of sp³-hybridized carbons (Fsp3) is 0.889. The predicted molar refractivity (Wildman–Crippen MR) is 51.7 cm³/mol. The van der Waals surface area contributed by atoms with Gasteiger partial charge in [0.05, 0.1) is 17.3 Å². The van der Waals surface area contributed by atoms with Gasteiger partial charge >= 0.3 is 5.97 Å². The summed E-state index contributed by atoms with van der Waals surface area (Å²) in [5, 5.41) is 9.21. The summed E-state index contributed by atoms with van der Waals surface area (Å²) in [6.07, 6.45) is -2.85. The lowest BCUT2D eigenvalue weighted by Gasteiger charge is -2.22. The Morgan fingerprint density at radius 2 is 2.29 bits per heavy atom. The van der Waals surface area contributed by atoms with E-state index < -0.39 is 24.2 Å². The van der Waals surface area contributed by atoms with Gasteiger partial charge in [0.15, 0.2) is 6.08 Å². The molecular weight excluding hydrogens is 186 g/mol. The Kier molecular flexibility index (Phi) is 3.67. The first-order chi connectivity index (χ1) is 7.44. The van der Waals surface area contributed by atoms with Gasteiger partial charge in [-0.25, -0.2) is 4.79 Å². The summed E-state index contributed by atoms with van der Waals surface area (Å²) < 4.78 is 31.3. The Morgan fingerprint density at radius 3 is 2.64 bits per heavy atom. The average molecular weight is 208 g/mol. The van der Waals surface area contributed by atoms with Gasteiger partial charge in [-0.1, -0.05) is 0 Å². The van der Waals surface area contributed by atoms with E-state index in [0.717, 1.165) is 0 Å². The van der Waals surface area contributed by atoms with E-state index in [-0.39, 0.29) is 13.2 Å². The van der Waals surface area contributed by atoms with Crippen LogP contribution < -0.4 is 5.73 Å². The fourth-order valence-corrected chi connectivity index (χ4v) is 0.622. The number of esters is 1. The second-order valence-electron chi connectivity index (χ2n) is 3.58. The van der Waals surface area contributed by atoms with Crippen molar-refractivity contribution in [3.8, 4) is 0 Å². The molecular formula is C9H19NO4. The molecule has 1 atom stereocenters. The highest BCUT2D eigenvalue weighted by atomic mass is 16.6. The molecule has 0 aromatic heterocycles. The number of nitrogens with two attached hydrogens (primary N) is 1. The Bertz CT molecular complexity index is 274. The number of carbonyl (C=O) groups is 1. The molecule has 0 spiro atoms. The van der Waals surface area contributed by atoms with E-state index in [4.69, 9.17) is 19.3 Å². The van der Waals surface area contributed by atoms with Gasteiger partial charge in [-0.15, -0.1) is 0 Å². The lowest BCUT2D eigenvalue weighted by Crippen LogP contribution is -2.36. The van der Waals surface area contributed by atoms with Crippen LogP contribution in [-0.4, -0.2) is 42.5 Å². The Morgan fingerprint density at radius 1 is 1.71 bits per heavy atom. The zero-order valence-corrected chi connectivity index (χ0v) is 8.66. The Balaban J connectivity index is 4.99. The Hall–Kier alpha value is -0.650. The zero-order chi connectivity index (χ0) is 13.9. The van der Waals surface area contributed by atoms with Gasteiger partial charge < -0.3 is 20.3 Å². The predicted octanol–water partition coefficient (Wildman–Crippen LogP) is -0.336. The van der Waals surface area contributed by atoms with E-state index in [1.165, 1.54) is 0 Å². The minimum absolute atomic E-state index is 0.0144. The molecule has 0 amide bonds. The van der Waals surface area contributed by atoms with Crippen LogP contribution in [-0.2, 0) is 14.3 Å². The molecule has 3 N–H and O–H groups in total. The summed E-state index contributed by atoms with van der Waals surface area (Å²) in [6.45, 7) is 1.22. The van der Waals surface area contributed by atoms with Crippen molar-refractivity contribution < 1.29 is 23.5 Å². The molecule has 0 rings (SSSR count). The van der Waals surface area contributed by atoms with Crippen molar-refractivity contribution in [3.05, 3.63) is 0 Å². The van der Waals surface area contributed by atoms with Crippen LogP contribution in [0.3, 0.4) is 0 Å². The van der Waals surface area contributed by atoms with Gasteiger partial charge in [-0.2, -0.15) is 0 Å². The molecule has 14 heavy (non-hydrogen) atoms. The van der Waals surface area contributed by atoms with Crippen molar-refractivity contribution in [2.75, 3.05) is 19.7 Å². The third-order valence-corrected chi connectivity index (χ3v) is 1.05. The first-order valence-corrected chi connectivity index (χ1v) is 4.24. The third-order valence-electron chi connectivity index (χ3n) is 1.05. The molecule has 0 saturated carbocycles. The van der Waals surface area contributed by atoms with Crippen LogP contribution in [0, 0.1) is 0 Å². The molecule has 5 heteroatoms. The topological polar surface area (TPSA) is 81.8 Å². The summed E-state index contributed by atoms with van der Waals surface area (Å²) in [6, 6.07) is 0. The highest BCUT2D eigenvalue weighted by Gasteiger charge is 2.24. The highest BCUT2D eigenvalue weighted by molar-refractivity contribution is 5.75. The molecule has 0 radical (unpaired) electrons. The Labute approximate surface area is 88.4 Å². The van der Waals surface area contributed by atoms with Crippen LogP contribution >= 0.6 is 0 Å². The molecule has 0 heterocycles. The minimum atomic E-state index is -3.19. The van der Waals surface area contributed by atoms with Crippen LogP contribution in [0.15, 0.2) is 0 Å². The number of hydrogen-bond acceptors (Lipinski definition) is 5. The highest BCUT2D eigenvalue weighted by Crippen LogP contribution is 2.09.